The first-order chi connectivity index (χ1) is 8.00. The molecule has 1 saturated heterocycles. The predicted octanol–water partition coefficient (Wildman–Crippen LogP) is 1.86. The molecule has 1 aromatic heterocycles. The summed E-state index contributed by atoms with van der Waals surface area (Å²) < 4.78 is 7.54. The molecule has 1 aliphatic rings. The summed E-state index contributed by atoms with van der Waals surface area (Å²) in [5, 5.41) is 8.13. The lowest BCUT2D eigenvalue weighted by molar-refractivity contribution is 0.111. The Balaban J connectivity index is 2.11. The largest absolute Gasteiger partial charge is 0.377 e. The number of aryl methyl sites for hydroxylation is 2. The Morgan fingerprint density at radius 1 is 1.47 bits per heavy atom. The van der Waals surface area contributed by atoms with E-state index in [1.807, 2.05) is 11.7 Å². The number of hydrogen-bond donors (Lipinski definition) is 1. The SMILES string of the molecule is Cc1nn(C)c(C)c1C(C)NC1CCOC1C. The zero-order valence-electron chi connectivity index (χ0n) is 11.4. The van der Waals surface area contributed by atoms with E-state index in [1.165, 1.54) is 11.3 Å². The normalized spacial score (nSPS) is 26.4. The quantitative estimate of drug-likeness (QED) is 0.872. The molecule has 0 amide bonds. The number of nitrogens with one attached hydrogen (secondary N) is 1. The first-order valence-electron chi connectivity index (χ1n) is 6.38. The summed E-state index contributed by atoms with van der Waals surface area (Å²) in [5.74, 6) is 0. The van der Waals surface area contributed by atoms with Crippen molar-refractivity contribution in [2.45, 2.75) is 52.3 Å². The second-order valence-corrected chi connectivity index (χ2v) is 5.07. The highest BCUT2D eigenvalue weighted by Gasteiger charge is 2.27. The molecule has 0 spiro atoms. The smallest absolute Gasteiger partial charge is 0.0700 e. The topological polar surface area (TPSA) is 39.1 Å². The molecule has 4 heteroatoms. The van der Waals surface area contributed by atoms with Gasteiger partial charge in [-0.2, -0.15) is 5.10 Å². The van der Waals surface area contributed by atoms with Gasteiger partial charge < -0.3 is 10.1 Å². The van der Waals surface area contributed by atoms with Gasteiger partial charge in [0.1, 0.15) is 0 Å². The highest BCUT2D eigenvalue weighted by Crippen LogP contribution is 2.23. The molecule has 1 aliphatic heterocycles. The zero-order chi connectivity index (χ0) is 12.6. The average molecular weight is 237 g/mol. The van der Waals surface area contributed by atoms with Gasteiger partial charge in [-0.05, 0) is 34.1 Å². The molecule has 1 fully saturated rings. The summed E-state index contributed by atoms with van der Waals surface area (Å²) in [6.45, 7) is 9.43. The Morgan fingerprint density at radius 2 is 2.18 bits per heavy atom. The Labute approximate surface area is 103 Å². The van der Waals surface area contributed by atoms with Crippen LogP contribution in [0.2, 0.25) is 0 Å². The second-order valence-electron chi connectivity index (χ2n) is 5.07. The van der Waals surface area contributed by atoms with Gasteiger partial charge in [-0.3, -0.25) is 4.68 Å². The summed E-state index contributed by atoms with van der Waals surface area (Å²) in [6, 6.07) is 0.793. The van der Waals surface area contributed by atoms with Crippen molar-refractivity contribution >= 4 is 0 Å². The van der Waals surface area contributed by atoms with Crippen molar-refractivity contribution in [1.29, 1.82) is 0 Å². The van der Waals surface area contributed by atoms with E-state index in [0.29, 0.717) is 18.2 Å². The molecule has 3 atom stereocenters. The van der Waals surface area contributed by atoms with E-state index >= 15 is 0 Å². The Kier molecular flexibility index (Phi) is 3.54. The molecule has 96 valence electrons. The van der Waals surface area contributed by atoms with Crippen LogP contribution < -0.4 is 5.32 Å². The van der Waals surface area contributed by atoms with Crippen LogP contribution in [0.4, 0.5) is 0 Å². The molecule has 1 aromatic rings. The van der Waals surface area contributed by atoms with E-state index in [-0.39, 0.29) is 0 Å². The van der Waals surface area contributed by atoms with Crippen molar-refractivity contribution < 1.29 is 4.74 Å². The molecule has 0 aliphatic carbocycles. The van der Waals surface area contributed by atoms with Crippen LogP contribution in [0.1, 0.15) is 43.3 Å². The molecule has 1 N–H and O–H groups in total. The molecule has 2 rings (SSSR count). The van der Waals surface area contributed by atoms with Crippen LogP contribution in [0.15, 0.2) is 0 Å². The fraction of sp³-hybridized carbons (Fsp3) is 0.769. The maximum Gasteiger partial charge on any atom is 0.0700 e. The van der Waals surface area contributed by atoms with Gasteiger partial charge in [0, 0.05) is 37.0 Å². The van der Waals surface area contributed by atoms with Crippen LogP contribution in [0.5, 0.6) is 0 Å². The monoisotopic (exact) mass is 237 g/mol. The molecule has 0 bridgehead atoms. The van der Waals surface area contributed by atoms with Gasteiger partial charge in [0.15, 0.2) is 0 Å². The highest BCUT2D eigenvalue weighted by atomic mass is 16.5. The third-order valence-corrected chi connectivity index (χ3v) is 3.84. The molecule has 3 unspecified atom stereocenters. The Morgan fingerprint density at radius 3 is 2.65 bits per heavy atom. The van der Waals surface area contributed by atoms with E-state index in [1.54, 1.807) is 0 Å². The van der Waals surface area contributed by atoms with E-state index < -0.39 is 0 Å². The van der Waals surface area contributed by atoms with Gasteiger partial charge in [0.25, 0.3) is 0 Å². The molecule has 0 saturated carbocycles. The van der Waals surface area contributed by atoms with Crippen molar-refractivity contribution in [1.82, 2.24) is 15.1 Å². The number of hydrogen-bond acceptors (Lipinski definition) is 3. The molecular formula is C13H23N3O. The minimum Gasteiger partial charge on any atom is -0.377 e. The Hall–Kier alpha value is -0.870. The fourth-order valence-corrected chi connectivity index (χ4v) is 2.77. The van der Waals surface area contributed by atoms with Crippen LogP contribution in [-0.4, -0.2) is 28.5 Å². The Bertz CT molecular complexity index is 400. The summed E-state index contributed by atoms with van der Waals surface area (Å²) >= 11 is 0. The van der Waals surface area contributed by atoms with Crippen LogP contribution in [0, 0.1) is 13.8 Å². The number of rotatable bonds is 3. The average Bonchev–Trinajstić information content (AvgIpc) is 2.74. The minimum absolute atomic E-state index is 0.315. The first-order valence-corrected chi connectivity index (χ1v) is 6.38. The fourth-order valence-electron chi connectivity index (χ4n) is 2.77. The number of ether oxygens (including phenoxy) is 1. The third-order valence-electron chi connectivity index (χ3n) is 3.84. The zero-order valence-corrected chi connectivity index (χ0v) is 11.4. The van der Waals surface area contributed by atoms with E-state index in [0.717, 1.165) is 18.7 Å². The summed E-state index contributed by atoms with van der Waals surface area (Å²) in [7, 11) is 2.00. The molecule has 17 heavy (non-hydrogen) atoms. The second kappa shape index (κ2) is 4.78. The van der Waals surface area contributed by atoms with Crippen LogP contribution >= 0.6 is 0 Å². The molecule has 0 aromatic carbocycles. The lowest BCUT2D eigenvalue weighted by atomic mass is 10.0. The molecule has 0 radical (unpaired) electrons. The molecular weight excluding hydrogens is 214 g/mol. The highest BCUT2D eigenvalue weighted by molar-refractivity contribution is 5.27. The third kappa shape index (κ3) is 2.38. The molecule has 2 heterocycles. The van der Waals surface area contributed by atoms with Crippen molar-refractivity contribution in [3.63, 3.8) is 0 Å². The van der Waals surface area contributed by atoms with Gasteiger partial charge in [-0.15, -0.1) is 0 Å². The lowest BCUT2D eigenvalue weighted by Gasteiger charge is -2.22. The number of aromatic nitrogens is 2. The minimum atomic E-state index is 0.315. The maximum atomic E-state index is 5.58. The maximum absolute atomic E-state index is 5.58. The summed E-state index contributed by atoms with van der Waals surface area (Å²) in [4.78, 5) is 0. The van der Waals surface area contributed by atoms with Gasteiger partial charge in [0.2, 0.25) is 0 Å². The van der Waals surface area contributed by atoms with Crippen molar-refractivity contribution in [2.75, 3.05) is 6.61 Å². The lowest BCUT2D eigenvalue weighted by Crippen LogP contribution is -2.36. The first kappa shape index (κ1) is 12.6. The van der Waals surface area contributed by atoms with Gasteiger partial charge >= 0.3 is 0 Å². The van der Waals surface area contributed by atoms with E-state index in [9.17, 15) is 0 Å². The predicted molar refractivity (Wildman–Crippen MR) is 68.1 cm³/mol. The van der Waals surface area contributed by atoms with Crippen LogP contribution in [-0.2, 0) is 11.8 Å². The van der Waals surface area contributed by atoms with Crippen LogP contribution in [0.25, 0.3) is 0 Å². The summed E-state index contributed by atoms with van der Waals surface area (Å²) in [6.07, 6.45) is 1.42. The van der Waals surface area contributed by atoms with Crippen molar-refractivity contribution in [3.8, 4) is 0 Å². The van der Waals surface area contributed by atoms with Gasteiger partial charge in [-0.25, -0.2) is 0 Å². The van der Waals surface area contributed by atoms with Crippen LogP contribution in [0.3, 0.4) is 0 Å². The van der Waals surface area contributed by atoms with Crippen molar-refractivity contribution in [2.24, 2.45) is 7.05 Å². The van der Waals surface area contributed by atoms with Gasteiger partial charge in [-0.1, -0.05) is 0 Å². The summed E-state index contributed by atoms with van der Waals surface area (Å²) in [5.41, 5.74) is 3.69. The standard InChI is InChI=1S/C13H23N3O/c1-8(14-12-6-7-17-11(12)4)13-9(2)15-16(5)10(13)3/h8,11-12,14H,6-7H2,1-5H3. The van der Waals surface area contributed by atoms with Crippen molar-refractivity contribution in [3.05, 3.63) is 17.0 Å². The van der Waals surface area contributed by atoms with Gasteiger partial charge in [0.05, 0.1) is 11.8 Å². The number of nitrogens with zero attached hydrogens (tertiary/aromatic N) is 2. The van der Waals surface area contributed by atoms with E-state index in [2.05, 4.69) is 38.1 Å². The van der Waals surface area contributed by atoms with E-state index in [4.69, 9.17) is 4.74 Å². The molecule has 4 nitrogen and oxygen atoms in total.